The van der Waals surface area contributed by atoms with E-state index in [-0.39, 0.29) is 12.2 Å². The minimum Gasteiger partial charge on any atom is -0.481 e. The number of benzene rings is 1. The molecule has 0 spiro atoms. The Balaban J connectivity index is 3.09. The molecule has 0 heterocycles. The summed E-state index contributed by atoms with van der Waals surface area (Å²) in [6.45, 7) is 0. The highest BCUT2D eigenvalue weighted by Crippen LogP contribution is 2.06. The molecule has 0 radical (unpaired) electrons. The normalized spacial score (nSPS) is 14.1. The molecule has 4 atom stereocenters. The largest absolute Gasteiger partial charge is 0.481 e. The second-order valence-corrected chi connectivity index (χ2v) is 7.63. The van der Waals surface area contributed by atoms with E-state index in [1.165, 1.54) is 0 Å². The Labute approximate surface area is 200 Å². The van der Waals surface area contributed by atoms with Gasteiger partial charge < -0.3 is 37.6 Å². The summed E-state index contributed by atoms with van der Waals surface area (Å²) < 4.78 is 0. The van der Waals surface area contributed by atoms with E-state index < -0.39 is 72.6 Å². The highest BCUT2D eigenvalue weighted by Gasteiger charge is 2.32. The van der Waals surface area contributed by atoms with Gasteiger partial charge in [0.1, 0.15) is 18.1 Å². The van der Waals surface area contributed by atoms with Crippen molar-refractivity contribution < 1.29 is 39.0 Å². The van der Waals surface area contributed by atoms with Crippen LogP contribution in [0.25, 0.3) is 0 Å². The Kier molecular flexibility index (Phi) is 11.5. The smallest absolute Gasteiger partial charge is 0.326 e. The molecule has 0 bridgehead atoms. The number of rotatable bonds is 14. The standard InChI is InChI=1S/C20H27N5O8S/c21-11(9-34)17(29)23-12(6-10-4-2-1-3-5-10)18(30)24-13(8-16(27)28)19(31)25-14(20(32)33)7-15(22)26/h1-5,11-14,34H,6-9,21H2,(H2,22,26)(H,23,29)(H,24,30)(H,25,31)(H,27,28)(H,32,33). The van der Waals surface area contributed by atoms with Gasteiger partial charge in [0.15, 0.2) is 0 Å². The average molecular weight is 498 g/mol. The summed E-state index contributed by atoms with van der Waals surface area (Å²) in [5, 5.41) is 24.9. The van der Waals surface area contributed by atoms with Crippen LogP contribution in [0.3, 0.4) is 0 Å². The second kappa shape index (κ2) is 13.8. The molecule has 1 rings (SSSR count). The molecular formula is C20H27N5O8S. The van der Waals surface area contributed by atoms with Gasteiger partial charge >= 0.3 is 11.9 Å². The topological polar surface area (TPSA) is 231 Å². The molecule has 1 aromatic rings. The van der Waals surface area contributed by atoms with Gasteiger partial charge in [0.25, 0.3) is 0 Å². The number of primary amides is 1. The first-order chi connectivity index (χ1) is 15.9. The van der Waals surface area contributed by atoms with Crippen LogP contribution in [0.5, 0.6) is 0 Å². The number of nitrogens with one attached hydrogen (secondary N) is 3. The van der Waals surface area contributed by atoms with Crippen molar-refractivity contribution in [3.05, 3.63) is 35.9 Å². The van der Waals surface area contributed by atoms with Crippen LogP contribution in [0.1, 0.15) is 18.4 Å². The van der Waals surface area contributed by atoms with Crippen LogP contribution in [0.4, 0.5) is 0 Å². The Morgan fingerprint density at radius 2 is 1.35 bits per heavy atom. The molecule has 0 aromatic heterocycles. The van der Waals surface area contributed by atoms with Crippen LogP contribution in [0.2, 0.25) is 0 Å². The van der Waals surface area contributed by atoms with E-state index in [0.717, 1.165) is 0 Å². The highest BCUT2D eigenvalue weighted by molar-refractivity contribution is 7.80. The van der Waals surface area contributed by atoms with Crippen LogP contribution < -0.4 is 27.4 Å². The monoisotopic (exact) mass is 497 g/mol. The van der Waals surface area contributed by atoms with Crippen LogP contribution in [-0.4, -0.2) is 75.7 Å². The summed E-state index contributed by atoms with van der Waals surface area (Å²) in [6.07, 6.45) is -1.66. The minimum atomic E-state index is -1.73. The zero-order valence-corrected chi connectivity index (χ0v) is 18.9. The fourth-order valence-corrected chi connectivity index (χ4v) is 2.92. The van der Waals surface area contributed by atoms with Gasteiger partial charge in [0, 0.05) is 12.2 Å². The van der Waals surface area contributed by atoms with Crippen molar-refractivity contribution in [1.29, 1.82) is 0 Å². The summed E-state index contributed by atoms with van der Waals surface area (Å²) in [7, 11) is 0. The second-order valence-electron chi connectivity index (χ2n) is 7.27. The maximum Gasteiger partial charge on any atom is 0.326 e. The predicted octanol–water partition coefficient (Wildman–Crippen LogP) is -2.62. The van der Waals surface area contributed by atoms with Crippen molar-refractivity contribution in [2.45, 2.75) is 43.4 Å². The van der Waals surface area contributed by atoms with Crippen molar-refractivity contribution in [2.24, 2.45) is 11.5 Å². The van der Waals surface area contributed by atoms with E-state index in [1.807, 2.05) is 5.32 Å². The molecule has 0 aliphatic carbocycles. The molecule has 4 amide bonds. The van der Waals surface area contributed by atoms with E-state index in [2.05, 4.69) is 23.3 Å². The third-order valence-electron chi connectivity index (χ3n) is 4.48. The Morgan fingerprint density at radius 3 is 1.85 bits per heavy atom. The van der Waals surface area contributed by atoms with E-state index in [1.54, 1.807) is 30.3 Å². The van der Waals surface area contributed by atoms with E-state index in [0.29, 0.717) is 5.56 Å². The minimum absolute atomic E-state index is 0.00794. The average Bonchev–Trinajstić information content (AvgIpc) is 2.76. The number of carboxylic acid groups (broad SMARTS) is 2. The summed E-state index contributed by atoms with van der Waals surface area (Å²) in [5.41, 5.74) is 11.3. The third-order valence-corrected chi connectivity index (χ3v) is 4.87. The zero-order chi connectivity index (χ0) is 25.8. The van der Waals surface area contributed by atoms with Gasteiger partial charge in [-0.15, -0.1) is 0 Å². The van der Waals surface area contributed by atoms with Crippen LogP contribution in [-0.2, 0) is 35.2 Å². The van der Waals surface area contributed by atoms with Crippen LogP contribution in [0, 0.1) is 0 Å². The fraction of sp³-hybridized carbons (Fsp3) is 0.400. The van der Waals surface area contributed by atoms with E-state index in [9.17, 15) is 28.8 Å². The molecule has 186 valence electrons. The zero-order valence-electron chi connectivity index (χ0n) is 18.0. The number of hydrogen-bond donors (Lipinski definition) is 8. The third kappa shape index (κ3) is 9.87. The van der Waals surface area contributed by atoms with Crippen LogP contribution >= 0.6 is 12.6 Å². The molecular weight excluding hydrogens is 470 g/mol. The molecule has 0 saturated carbocycles. The molecule has 0 saturated heterocycles. The van der Waals surface area contributed by atoms with Gasteiger partial charge in [-0.1, -0.05) is 30.3 Å². The van der Waals surface area contributed by atoms with Crippen molar-refractivity contribution in [3.63, 3.8) is 0 Å². The number of carboxylic acids is 2. The van der Waals surface area contributed by atoms with Crippen molar-refractivity contribution in [1.82, 2.24) is 16.0 Å². The predicted molar refractivity (Wildman–Crippen MR) is 121 cm³/mol. The molecule has 9 N–H and O–H groups in total. The Morgan fingerprint density at radius 1 is 0.824 bits per heavy atom. The maximum absolute atomic E-state index is 12.9. The lowest BCUT2D eigenvalue weighted by molar-refractivity contribution is -0.144. The fourth-order valence-electron chi connectivity index (χ4n) is 2.75. The first kappa shape index (κ1) is 28.4. The van der Waals surface area contributed by atoms with Gasteiger partial charge in [-0.05, 0) is 5.56 Å². The lowest BCUT2D eigenvalue weighted by atomic mass is 10.0. The lowest BCUT2D eigenvalue weighted by Gasteiger charge is -2.24. The number of amides is 4. The van der Waals surface area contributed by atoms with Crippen molar-refractivity contribution in [3.8, 4) is 0 Å². The molecule has 1 aromatic carbocycles. The molecule has 14 heteroatoms. The number of carbonyl (C=O) groups is 6. The van der Waals surface area contributed by atoms with Crippen LogP contribution in [0.15, 0.2) is 30.3 Å². The first-order valence-electron chi connectivity index (χ1n) is 9.99. The number of aliphatic carboxylic acids is 2. The number of hydrogen-bond acceptors (Lipinski definition) is 8. The molecule has 13 nitrogen and oxygen atoms in total. The molecule has 34 heavy (non-hydrogen) atoms. The van der Waals surface area contributed by atoms with Gasteiger partial charge in [-0.25, -0.2) is 4.79 Å². The Hall–Kier alpha value is -3.65. The quantitative estimate of drug-likeness (QED) is 0.125. The molecule has 0 aliphatic heterocycles. The van der Waals surface area contributed by atoms with Gasteiger partial charge in [-0.2, -0.15) is 12.6 Å². The lowest BCUT2D eigenvalue weighted by Crippen LogP contribution is -2.58. The van der Waals surface area contributed by atoms with Gasteiger partial charge in [0.05, 0.1) is 18.9 Å². The van der Waals surface area contributed by atoms with E-state index >= 15 is 0 Å². The van der Waals surface area contributed by atoms with Crippen molar-refractivity contribution in [2.75, 3.05) is 5.75 Å². The van der Waals surface area contributed by atoms with Gasteiger partial charge in [-0.3, -0.25) is 24.0 Å². The SMILES string of the molecule is NC(=O)CC(NC(=O)C(CC(=O)O)NC(=O)C(Cc1ccccc1)NC(=O)C(N)CS)C(=O)O. The number of thiol groups is 1. The maximum atomic E-state index is 12.9. The first-order valence-corrected chi connectivity index (χ1v) is 10.6. The summed E-state index contributed by atoms with van der Waals surface area (Å²) >= 11 is 3.93. The molecule has 4 unspecified atom stereocenters. The highest BCUT2D eigenvalue weighted by atomic mass is 32.1. The summed E-state index contributed by atoms with van der Waals surface area (Å²) in [6, 6.07) is 2.81. The summed E-state index contributed by atoms with van der Waals surface area (Å²) in [5.74, 6) is -6.85. The number of carbonyl (C=O) groups excluding carboxylic acids is 4. The van der Waals surface area contributed by atoms with Gasteiger partial charge in [0.2, 0.25) is 23.6 Å². The molecule has 0 fully saturated rings. The summed E-state index contributed by atoms with van der Waals surface area (Å²) in [4.78, 5) is 71.3. The molecule has 0 aliphatic rings. The van der Waals surface area contributed by atoms with Crippen molar-refractivity contribution >= 4 is 48.2 Å². The van der Waals surface area contributed by atoms with E-state index in [4.69, 9.17) is 21.7 Å². The number of nitrogens with two attached hydrogens (primary N) is 2. The Bertz CT molecular complexity index is 913.